The van der Waals surface area contributed by atoms with Gasteiger partial charge in [-0.15, -0.1) is 0 Å². The third-order valence-electron chi connectivity index (χ3n) is 6.54. The van der Waals surface area contributed by atoms with Crippen molar-refractivity contribution in [2.75, 3.05) is 19.6 Å². The maximum absolute atomic E-state index is 15.2. The van der Waals surface area contributed by atoms with E-state index >= 15 is 8.78 Å². The van der Waals surface area contributed by atoms with Gasteiger partial charge in [0, 0.05) is 29.4 Å². The number of aromatic nitrogens is 2. The fourth-order valence-corrected chi connectivity index (χ4v) is 4.77. The van der Waals surface area contributed by atoms with Gasteiger partial charge in [0.15, 0.2) is 5.76 Å². The summed E-state index contributed by atoms with van der Waals surface area (Å²) in [5.74, 6) is -6.26. The number of nitrogens with one attached hydrogen (secondary N) is 1. The number of likely N-dealkylation sites (tertiary alicyclic amines) is 1. The molecule has 10 heteroatoms. The number of fused-ring (bicyclic) bond motifs is 2. The van der Waals surface area contributed by atoms with Gasteiger partial charge in [-0.1, -0.05) is 23.7 Å². The van der Waals surface area contributed by atoms with Crippen molar-refractivity contribution >= 4 is 39.4 Å². The second-order valence-electron chi connectivity index (χ2n) is 8.99. The van der Waals surface area contributed by atoms with Crippen molar-refractivity contribution in [3.8, 4) is 0 Å². The van der Waals surface area contributed by atoms with Crippen LogP contribution in [0.25, 0.3) is 21.9 Å². The van der Waals surface area contributed by atoms with Gasteiger partial charge in [-0.05, 0) is 61.8 Å². The van der Waals surface area contributed by atoms with Gasteiger partial charge in [0.25, 0.3) is 5.91 Å². The summed E-state index contributed by atoms with van der Waals surface area (Å²) in [6, 6.07) is 9.94. The second-order valence-corrected chi connectivity index (χ2v) is 9.42. The summed E-state index contributed by atoms with van der Waals surface area (Å²) in [6.07, 6.45) is 2.46. The van der Waals surface area contributed by atoms with Crippen LogP contribution in [-0.2, 0) is 17.8 Å². The van der Waals surface area contributed by atoms with Crippen molar-refractivity contribution < 1.29 is 23.1 Å². The Kier molecular flexibility index (Phi) is 6.25. The smallest absolute Gasteiger partial charge is 0.380 e. The number of halogens is 3. The summed E-state index contributed by atoms with van der Waals surface area (Å²) < 4.78 is 37.3. The fraction of sp³-hybridized carbons (Fsp3) is 0.360. The number of nitrogens with zero attached hydrogens (tertiary/aromatic N) is 3. The first-order valence-electron chi connectivity index (χ1n) is 11.4. The molecule has 7 nitrogen and oxygen atoms in total. The lowest BCUT2D eigenvalue weighted by atomic mass is 10.00. The minimum Gasteiger partial charge on any atom is -0.454 e. The van der Waals surface area contributed by atoms with E-state index in [2.05, 4.69) is 15.3 Å². The number of hydrogen-bond acceptors (Lipinski definition) is 5. The highest BCUT2D eigenvalue weighted by atomic mass is 35.5. The number of benzene rings is 2. The number of carbonyl (C=O) groups is 1. The molecular weight excluding hydrogens is 478 g/mol. The van der Waals surface area contributed by atoms with Crippen molar-refractivity contribution in [1.82, 2.24) is 20.0 Å². The Bertz CT molecular complexity index is 1380. The number of furan rings is 1. The van der Waals surface area contributed by atoms with Crippen LogP contribution in [0.3, 0.4) is 0 Å². The van der Waals surface area contributed by atoms with Crippen LogP contribution in [0.2, 0.25) is 5.02 Å². The maximum atomic E-state index is 15.2. The number of alkyl halides is 2. The normalized spacial score (nSPS) is 16.7. The van der Waals surface area contributed by atoms with Gasteiger partial charge < -0.3 is 19.7 Å². The molecule has 1 aliphatic heterocycles. The number of aliphatic hydroxyl groups excluding tert-OH is 1. The zero-order valence-electron chi connectivity index (χ0n) is 19.0. The maximum Gasteiger partial charge on any atom is 0.380 e. The molecular formula is C25H25ClF2N4O3. The molecule has 2 N–H and O–H groups in total. The quantitative estimate of drug-likeness (QED) is 0.392. The number of hydrogen-bond donors (Lipinski definition) is 2. The summed E-state index contributed by atoms with van der Waals surface area (Å²) >= 11 is 5.94. The van der Waals surface area contributed by atoms with E-state index in [1.165, 1.54) is 18.2 Å². The number of rotatable bonds is 7. The zero-order valence-corrected chi connectivity index (χ0v) is 19.8. The predicted molar refractivity (Wildman–Crippen MR) is 128 cm³/mol. The lowest BCUT2D eigenvalue weighted by Gasteiger charge is -2.29. The lowest BCUT2D eigenvalue weighted by Crippen LogP contribution is -2.50. The summed E-state index contributed by atoms with van der Waals surface area (Å²) in [5.41, 5.74) is 1.50. The van der Waals surface area contributed by atoms with E-state index in [9.17, 15) is 9.90 Å². The van der Waals surface area contributed by atoms with Gasteiger partial charge in [0.05, 0.1) is 17.8 Å². The first-order valence-corrected chi connectivity index (χ1v) is 11.8. The molecule has 0 bridgehead atoms. The second kappa shape index (κ2) is 9.22. The summed E-state index contributed by atoms with van der Waals surface area (Å²) in [7, 11) is 1.78. The van der Waals surface area contributed by atoms with Gasteiger partial charge >= 0.3 is 5.92 Å². The minimum absolute atomic E-state index is 0.204. The van der Waals surface area contributed by atoms with E-state index in [1.54, 1.807) is 30.1 Å². The Labute approximate surface area is 205 Å². The Morgan fingerprint density at radius 2 is 1.97 bits per heavy atom. The van der Waals surface area contributed by atoms with Crippen molar-refractivity contribution in [2.24, 2.45) is 7.05 Å². The number of amides is 1. The van der Waals surface area contributed by atoms with Gasteiger partial charge in [-0.25, -0.2) is 0 Å². The molecule has 2 unspecified atom stereocenters. The van der Waals surface area contributed by atoms with Crippen molar-refractivity contribution in [2.45, 2.75) is 30.9 Å². The molecule has 2 aromatic carbocycles. The van der Waals surface area contributed by atoms with E-state index in [-0.39, 0.29) is 12.1 Å². The molecule has 0 spiro atoms. The largest absolute Gasteiger partial charge is 0.454 e. The van der Waals surface area contributed by atoms with E-state index in [1.807, 2.05) is 6.07 Å². The van der Waals surface area contributed by atoms with Crippen molar-refractivity contribution in [3.05, 3.63) is 65.0 Å². The molecule has 0 aliphatic carbocycles. The van der Waals surface area contributed by atoms with Gasteiger partial charge in [0.2, 0.25) is 0 Å². The van der Waals surface area contributed by atoms with E-state index < -0.39 is 29.7 Å². The van der Waals surface area contributed by atoms with Gasteiger partial charge in [-0.2, -0.15) is 13.9 Å². The SMILES string of the molecule is Cn1ncc2ccc(C(O)C(CN3CCCC3)NC(=O)C(F)(F)c3cc4cc(Cl)ccc4o3)cc21. The first kappa shape index (κ1) is 23.7. The predicted octanol–water partition coefficient (Wildman–Crippen LogP) is 4.38. The molecule has 1 fully saturated rings. The van der Waals surface area contributed by atoms with Crippen LogP contribution < -0.4 is 5.32 Å². The van der Waals surface area contributed by atoms with Crippen LogP contribution in [0.1, 0.15) is 30.3 Å². The standard InChI is InChI=1S/C25H25ClF2N4O3/c1-31-20-11-15(4-5-16(20)13-29-31)23(33)19(14-32-8-2-3-9-32)30-24(34)25(27,28)22-12-17-10-18(26)6-7-21(17)35-22/h4-7,10-13,19,23,33H,2-3,8-9,14H2,1H3,(H,30,34). The molecule has 4 aromatic rings. The molecule has 1 saturated heterocycles. The van der Waals surface area contributed by atoms with E-state index in [4.69, 9.17) is 16.0 Å². The average molecular weight is 503 g/mol. The molecule has 0 saturated carbocycles. The summed E-state index contributed by atoms with van der Waals surface area (Å²) in [5, 5.41) is 19.4. The van der Waals surface area contributed by atoms with E-state index in [0.29, 0.717) is 16.0 Å². The Hall–Kier alpha value is -3.01. The highest BCUT2D eigenvalue weighted by Crippen LogP contribution is 2.34. The lowest BCUT2D eigenvalue weighted by molar-refractivity contribution is -0.151. The Balaban J connectivity index is 1.42. The van der Waals surface area contributed by atoms with Gasteiger partial charge in [-0.3, -0.25) is 9.48 Å². The van der Waals surface area contributed by atoms with Crippen LogP contribution >= 0.6 is 11.6 Å². The third kappa shape index (κ3) is 4.63. The van der Waals surface area contributed by atoms with Crippen LogP contribution in [-0.4, -0.2) is 51.4 Å². The molecule has 3 heterocycles. The molecule has 2 aromatic heterocycles. The van der Waals surface area contributed by atoms with Crippen LogP contribution in [0.4, 0.5) is 8.78 Å². The molecule has 35 heavy (non-hydrogen) atoms. The highest BCUT2D eigenvalue weighted by Gasteiger charge is 2.46. The van der Waals surface area contributed by atoms with E-state index in [0.717, 1.165) is 42.9 Å². The highest BCUT2D eigenvalue weighted by molar-refractivity contribution is 6.31. The molecule has 184 valence electrons. The Morgan fingerprint density at radius 3 is 2.74 bits per heavy atom. The van der Waals surface area contributed by atoms with Crippen molar-refractivity contribution in [3.63, 3.8) is 0 Å². The van der Waals surface area contributed by atoms with Crippen LogP contribution in [0, 0.1) is 0 Å². The summed E-state index contributed by atoms with van der Waals surface area (Å²) in [4.78, 5) is 14.9. The number of carbonyl (C=O) groups excluding carboxylic acids is 1. The molecule has 5 rings (SSSR count). The van der Waals surface area contributed by atoms with Gasteiger partial charge in [0.1, 0.15) is 11.7 Å². The van der Waals surface area contributed by atoms with Crippen LogP contribution in [0.5, 0.6) is 0 Å². The topological polar surface area (TPSA) is 83.5 Å². The molecule has 0 radical (unpaired) electrons. The zero-order chi connectivity index (χ0) is 24.7. The Morgan fingerprint density at radius 1 is 1.20 bits per heavy atom. The fourth-order valence-electron chi connectivity index (χ4n) is 4.59. The number of aryl methyl sites for hydroxylation is 1. The van der Waals surface area contributed by atoms with Crippen molar-refractivity contribution in [1.29, 1.82) is 0 Å². The molecule has 1 aliphatic rings. The minimum atomic E-state index is -3.94. The molecule has 1 amide bonds. The number of aliphatic hydroxyl groups is 1. The molecule has 2 atom stereocenters. The average Bonchev–Trinajstić information content (AvgIpc) is 3.58. The first-order chi connectivity index (χ1) is 16.7. The monoisotopic (exact) mass is 502 g/mol. The summed E-state index contributed by atoms with van der Waals surface area (Å²) in [6.45, 7) is 1.79. The third-order valence-corrected chi connectivity index (χ3v) is 6.77. The van der Waals surface area contributed by atoms with Crippen LogP contribution in [0.15, 0.2) is 53.1 Å².